The highest BCUT2D eigenvalue weighted by atomic mass is 32.2. The van der Waals surface area contributed by atoms with Gasteiger partial charge in [-0.2, -0.15) is 0 Å². The number of amides is 2. The number of hydrogen-bond acceptors (Lipinski definition) is 6. The van der Waals surface area contributed by atoms with Gasteiger partial charge < -0.3 is 19.6 Å². The molecule has 1 N–H and O–H groups in total. The third-order valence-electron chi connectivity index (χ3n) is 8.35. The van der Waals surface area contributed by atoms with Crippen molar-refractivity contribution < 1.29 is 24.2 Å². The zero-order valence-corrected chi connectivity index (χ0v) is 24.2. The second-order valence-corrected chi connectivity index (χ2v) is 13.4. The Bertz CT molecular complexity index is 1090. The Hall–Kier alpha value is -2.58. The van der Waals surface area contributed by atoms with Gasteiger partial charge in [0.05, 0.1) is 35.8 Å². The maximum Gasteiger partial charge on any atom is 0.310 e. The normalized spacial score (nSPS) is 28.2. The van der Waals surface area contributed by atoms with Crippen LogP contribution in [0.3, 0.4) is 0 Å². The monoisotopic (exact) mass is 554 g/mol. The molecule has 3 saturated heterocycles. The third kappa shape index (κ3) is 5.42. The molecule has 3 fully saturated rings. The van der Waals surface area contributed by atoms with E-state index in [2.05, 4.69) is 13.2 Å². The van der Waals surface area contributed by atoms with Gasteiger partial charge in [-0.15, -0.1) is 24.9 Å². The Morgan fingerprint density at radius 3 is 2.59 bits per heavy atom. The lowest BCUT2D eigenvalue weighted by molar-refractivity contribution is -0.154. The second-order valence-electron chi connectivity index (χ2n) is 11.8. The number of rotatable bonds is 12. The number of aliphatic hydroxyl groups excluding tert-OH is 1. The molecular formula is C31H42N2O5S. The Morgan fingerprint density at radius 2 is 1.97 bits per heavy atom. The Morgan fingerprint density at radius 1 is 1.26 bits per heavy atom. The minimum Gasteiger partial charge on any atom is -0.465 e. The SMILES string of the molecule is C=CCCCOC(=O)[C@@H]1[C@H]2C(=O)N([C@@H](CO)Cc3ccccc3)C(C(=O)N(CC=C)C(C)(C)C)C23CC[C@H]1S3. The molecule has 212 valence electrons. The summed E-state index contributed by atoms with van der Waals surface area (Å²) in [4.78, 5) is 45.7. The summed E-state index contributed by atoms with van der Waals surface area (Å²) in [5.74, 6) is -1.99. The van der Waals surface area contributed by atoms with Crippen molar-refractivity contribution in [2.75, 3.05) is 19.8 Å². The number of carbonyl (C=O) groups is 3. The molecule has 2 unspecified atom stereocenters. The fourth-order valence-corrected chi connectivity index (χ4v) is 8.82. The number of thioether (sulfide) groups is 1. The first kappa shape index (κ1) is 29.4. The zero-order chi connectivity index (χ0) is 28.4. The van der Waals surface area contributed by atoms with E-state index in [-0.39, 0.29) is 36.2 Å². The van der Waals surface area contributed by atoms with Crippen LogP contribution >= 0.6 is 11.8 Å². The number of benzene rings is 1. The Labute approximate surface area is 236 Å². The van der Waals surface area contributed by atoms with Crippen molar-refractivity contribution in [1.29, 1.82) is 0 Å². The zero-order valence-electron chi connectivity index (χ0n) is 23.4. The van der Waals surface area contributed by atoms with E-state index in [1.165, 1.54) is 0 Å². The summed E-state index contributed by atoms with van der Waals surface area (Å²) in [7, 11) is 0. The molecule has 1 spiro atoms. The topological polar surface area (TPSA) is 87.1 Å². The number of nitrogens with zero attached hydrogens (tertiary/aromatic N) is 2. The van der Waals surface area contributed by atoms with E-state index in [1.807, 2.05) is 51.1 Å². The van der Waals surface area contributed by atoms with Crippen LogP contribution in [0.15, 0.2) is 55.6 Å². The quantitative estimate of drug-likeness (QED) is 0.239. The molecule has 39 heavy (non-hydrogen) atoms. The van der Waals surface area contributed by atoms with Crippen LogP contribution in [-0.2, 0) is 25.5 Å². The molecule has 1 aromatic rings. The molecular weight excluding hydrogens is 512 g/mol. The first-order chi connectivity index (χ1) is 18.6. The smallest absolute Gasteiger partial charge is 0.310 e. The van der Waals surface area contributed by atoms with Crippen molar-refractivity contribution in [1.82, 2.24) is 9.80 Å². The number of aliphatic hydroxyl groups is 1. The molecule has 3 heterocycles. The molecule has 6 atom stereocenters. The van der Waals surface area contributed by atoms with E-state index in [4.69, 9.17) is 4.74 Å². The van der Waals surface area contributed by atoms with E-state index >= 15 is 0 Å². The summed E-state index contributed by atoms with van der Waals surface area (Å²) in [5.41, 5.74) is 0.465. The minimum atomic E-state index is -0.788. The molecule has 7 nitrogen and oxygen atoms in total. The van der Waals surface area contributed by atoms with Crippen LogP contribution in [0, 0.1) is 11.8 Å². The van der Waals surface area contributed by atoms with Crippen LogP contribution in [0.25, 0.3) is 0 Å². The summed E-state index contributed by atoms with van der Waals surface area (Å²) in [6.45, 7) is 13.8. The van der Waals surface area contributed by atoms with Crippen LogP contribution in [0.4, 0.5) is 0 Å². The van der Waals surface area contributed by atoms with Gasteiger partial charge in [0.25, 0.3) is 0 Å². The first-order valence-electron chi connectivity index (χ1n) is 14.0. The molecule has 0 saturated carbocycles. The average Bonchev–Trinajstić information content (AvgIpc) is 3.55. The standard InChI is InChI=1S/C31H42N2O5S/c1-6-8-12-18-38-29(37)24-23-15-16-31(39-23)25(24)27(35)33(22(20-34)19-21-13-10-9-11-14-21)26(31)28(36)32(17-7-2)30(3,4)5/h6-7,9-11,13-14,22-26,34H,1-2,8,12,15-20H2,3-5H3/t22-,23-,24+,25+,26?,31?/m1/s1. The van der Waals surface area contributed by atoms with Gasteiger partial charge in [0.15, 0.2) is 0 Å². The summed E-state index contributed by atoms with van der Waals surface area (Å²) in [6, 6.07) is 8.31. The predicted octanol–water partition coefficient (Wildman–Crippen LogP) is 4.00. The third-order valence-corrected chi connectivity index (χ3v) is 10.3. The maximum absolute atomic E-state index is 14.5. The van der Waals surface area contributed by atoms with Gasteiger partial charge in [0.1, 0.15) is 6.04 Å². The predicted molar refractivity (Wildman–Crippen MR) is 154 cm³/mol. The lowest BCUT2D eigenvalue weighted by Crippen LogP contribution is -2.60. The molecule has 2 amide bonds. The summed E-state index contributed by atoms with van der Waals surface area (Å²) in [5, 5.41) is 10.5. The lowest BCUT2D eigenvalue weighted by Gasteiger charge is -2.43. The van der Waals surface area contributed by atoms with Crippen molar-refractivity contribution in [3.8, 4) is 0 Å². The first-order valence-corrected chi connectivity index (χ1v) is 14.8. The number of esters is 1. The highest BCUT2D eigenvalue weighted by Gasteiger charge is 2.75. The number of ether oxygens (including phenoxy) is 1. The van der Waals surface area contributed by atoms with Crippen molar-refractivity contribution in [3.63, 3.8) is 0 Å². The number of hydrogen-bond donors (Lipinski definition) is 1. The van der Waals surface area contributed by atoms with Gasteiger partial charge in [-0.3, -0.25) is 14.4 Å². The Kier molecular flexibility index (Phi) is 8.96. The van der Waals surface area contributed by atoms with E-state index in [9.17, 15) is 19.5 Å². The fraction of sp³-hybridized carbons (Fsp3) is 0.581. The van der Waals surface area contributed by atoms with Gasteiger partial charge in [0, 0.05) is 17.3 Å². The highest BCUT2D eigenvalue weighted by molar-refractivity contribution is 8.02. The van der Waals surface area contributed by atoms with Crippen LogP contribution in [-0.4, -0.2) is 80.1 Å². The molecule has 0 aliphatic carbocycles. The molecule has 3 aliphatic rings. The van der Waals surface area contributed by atoms with Crippen LogP contribution < -0.4 is 0 Å². The van der Waals surface area contributed by atoms with Crippen molar-refractivity contribution in [3.05, 3.63) is 61.2 Å². The molecule has 2 bridgehead atoms. The number of allylic oxidation sites excluding steroid dienone is 1. The van der Waals surface area contributed by atoms with Crippen LogP contribution in [0.5, 0.6) is 0 Å². The summed E-state index contributed by atoms with van der Waals surface area (Å²) in [6.07, 6.45) is 6.75. The van der Waals surface area contributed by atoms with Crippen LogP contribution in [0.2, 0.25) is 0 Å². The number of fused-ring (bicyclic) bond motifs is 1. The van der Waals surface area contributed by atoms with Gasteiger partial charge in [-0.05, 0) is 58.4 Å². The molecule has 3 aliphatic heterocycles. The largest absolute Gasteiger partial charge is 0.465 e. The van der Waals surface area contributed by atoms with E-state index in [0.717, 1.165) is 18.4 Å². The highest BCUT2D eigenvalue weighted by Crippen LogP contribution is 2.67. The molecule has 4 rings (SSSR count). The van der Waals surface area contributed by atoms with E-state index < -0.39 is 34.2 Å². The van der Waals surface area contributed by atoms with Gasteiger partial charge in [0.2, 0.25) is 11.8 Å². The average molecular weight is 555 g/mol. The second kappa shape index (κ2) is 11.9. The fourth-order valence-electron chi connectivity index (χ4n) is 6.64. The maximum atomic E-state index is 14.5. The van der Waals surface area contributed by atoms with Crippen molar-refractivity contribution in [2.45, 2.75) is 80.5 Å². The molecule has 0 aromatic heterocycles. The Balaban J connectivity index is 1.74. The van der Waals surface area contributed by atoms with Crippen molar-refractivity contribution >= 4 is 29.5 Å². The van der Waals surface area contributed by atoms with Gasteiger partial charge >= 0.3 is 5.97 Å². The number of likely N-dealkylation sites (tertiary alicyclic amines) is 1. The summed E-state index contributed by atoms with van der Waals surface area (Å²) >= 11 is 1.62. The molecule has 1 aromatic carbocycles. The van der Waals surface area contributed by atoms with Crippen molar-refractivity contribution in [2.24, 2.45) is 11.8 Å². The minimum absolute atomic E-state index is 0.0625. The van der Waals surface area contributed by atoms with E-state index in [1.54, 1.807) is 33.7 Å². The van der Waals surface area contributed by atoms with E-state index in [0.29, 0.717) is 25.8 Å². The number of carbonyl (C=O) groups excluding carboxylic acids is 3. The summed E-state index contributed by atoms with van der Waals surface area (Å²) < 4.78 is 4.92. The lowest BCUT2D eigenvalue weighted by atomic mass is 9.71. The van der Waals surface area contributed by atoms with Crippen LogP contribution in [0.1, 0.15) is 52.0 Å². The van der Waals surface area contributed by atoms with Gasteiger partial charge in [-0.25, -0.2) is 0 Å². The number of unbranched alkanes of at least 4 members (excludes halogenated alkanes) is 1. The molecule has 8 heteroatoms. The molecule has 0 radical (unpaired) electrons. The van der Waals surface area contributed by atoms with Gasteiger partial charge in [-0.1, -0.05) is 42.5 Å².